The van der Waals surface area contributed by atoms with E-state index in [1.54, 1.807) is 29.9 Å². The first-order chi connectivity index (χ1) is 11.4. The fourth-order valence-electron chi connectivity index (χ4n) is 2.28. The lowest BCUT2D eigenvalue weighted by atomic mass is 10.1. The number of nitrogen functional groups attached to an aromatic ring is 1. The molecule has 0 fully saturated rings. The SMILES string of the molecule is COC(C)(C)CCOc1c(N)cc(C#N)n1Cc1cccc(F)c1. The van der Waals surface area contributed by atoms with Crippen molar-refractivity contribution in [3.8, 4) is 11.9 Å². The molecule has 0 aliphatic rings. The van der Waals surface area contributed by atoms with Gasteiger partial charge in [0, 0.05) is 19.6 Å². The highest BCUT2D eigenvalue weighted by Crippen LogP contribution is 2.28. The number of methoxy groups -OCH3 is 1. The molecule has 1 aromatic heterocycles. The first kappa shape index (κ1) is 17.8. The molecule has 5 nitrogen and oxygen atoms in total. The van der Waals surface area contributed by atoms with Crippen LogP contribution in [0.3, 0.4) is 0 Å². The number of nitriles is 1. The zero-order chi connectivity index (χ0) is 17.7. The van der Waals surface area contributed by atoms with Gasteiger partial charge in [-0.1, -0.05) is 12.1 Å². The van der Waals surface area contributed by atoms with Crippen molar-refractivity contribution in [2.75, 3.05) is 19.5 Å². The van der Waals surface area contributed by atoms with E-state index in [1.165, 1.54) is 12.1 Å². The van der Waals surface area contributed by atoms with Crippen LogP contribution in [0.1, 0.15) is 31.5 Å². The molecule has 0 bridgehead atoms. The Labute approximate surface area is 141 Å². The number of rotatable bonds is 7. The lowest BCUT2D eigenvalue weighted by Gasteiger charge is -2.23. The van der Waals surface area contributed by atoms with Gasteiger partial charge in [-0.25, -0.2) is 4.39 Å². The van der Waals surface area contributed by atoms with Crippen LogP contribution in [0.5, 0.6) is 5.88 Å². The summed E-state index contributed by atoms with van der Waals surface area (Å²) < 4.78 is 26.2. The number of halogens is 1. The third-order valence-corrected chi connectivity index (χ3v) is 3.91. The van der Waals surface area contributed by atoms with Crippen LogP contribution in [-0.2, 0) is 11.3 Å². The van der Waals surface area contributed by atoms with Gasteiger partial charge in [-0.05, 0) is 31.5 Å². The molecule has 0 unspecified atom stereocenters. The van der Waals surface area contributed by atoms with E-state index in [4.69, 9.17) is 15.2 Å². The maximum Gasteiger partial charge on any atom is 0.218 e. The van der Waals surface area contributed by atoms with E-state index in [0.29, 0.717) is 36.8 Å². The first-order valence-corrected chi connectivity index (χ1v) is 7.68. The Bertz CT molecular complexity index is 747. The molecule has 0 aliphatic heterocycles. The molecule has 128 valence electrons. The Kier molecular flexibility index (Phi) is 5.47. The molecule has 1 heterocycles. The van der Waals surface area contributed by atoms with Gasteiger partial charge in [-0.2, -0.15) is 5.26 Å². The molecular formula is C18H22FN3O2. The monoisotopic (exact) mass is 331 g/mol. The van der Waals surface area contributed by atoms with Crippen LogP contribution in [-0.4, -0.2) is 23.9 Å². The Balaban J connectivity index is 2.22. The minimum atomic E-state index is -0.324. The second kappa shape index (κ2) is 7.37. The lowest BCUT2D eigenvalue weighted by molar-refractivity contribution is 0.00485. The molecule has 2 N–H and O–H groups in total. The predicted molar refractivity (Wildman–Crippen MR) is 90.3 cm³/mol. The molecule has 0 amide bonds. The molecule has 2 aromatic rings. The predicted octanol–water partition coefficient (Wildman–Crippen LogP) is 3.32. The summed E-state index contributed by atoms with van der Waals surface area (Å²) in [4.78, 5) is 0. The Morgan fingerprint density at radius 2 is 2.08 bits per heavy atom. The number of benzene rings is 1. The molecular weight excluding hydrogens is 309 g/mol. The van der Waals surface area contributed by atoms with Crippen LogP contribution >= 0.6 is 0 Å². The molecule has 0 saturated heterocycles. The zero-order valence-electron chi connectivity index (χ0n) is 14.2. The maximum atomic E-state index is 13.4. The summed E-state index contributed by atoms with van der Waals surface area (Å²) in [7, 11) is 1.65. The average Bonchev–Trinajstić information content (AvgIpc) is 2.83. The van der Waals surface area contributed by atoms with Gasteiger partial charge in [0.2, 0.25) is 5.88 Å². The number of anilines is 1. The number of hydrogen-bond donors (Lipinski definition) is 1. The van der Waals surface area contributed by atoms with Crippen molar-refractivity contribution in [3.63, 3.8) is 0 Å². The van der Waals surface area contributed by atoms with Crippen molar-refractivity contribution < 1.29 is 13.9 Å². The Morgan fingerprint density at radius 1 is 1.33 bits per heavy atom. The van der Waals surface area contributed by atoms with Crippen LogP contribution in [0, 0.1) is 17.1 Å². The standard InChI is InChI=1S/C18H22FN3O2/c1-18(2,23-3)7-8-24-17-16(21)10-15(11-20)22(17)12-13-5-4-6-14(19)9-13/h4-6,9-10H,7-8,12,21H2,1-3H3. The van der Waals surface area contributed by atoms with E-state index in [2.05, 4.69) is 6.07 Å². The molecule has 0 radical (unpaired) electrons. The molecule has 0 atom stereocenters. The number of nitrogens with zero attached hydrogens (tertiary/aromatic N) is 2. The molecule has 2 rings (SSSR count). The number of hydrogen-bond acceptors (Lipinski definition) is 4. The lowest BCUT2D eigenvalue weighted by Crippen LogP contribution is -2.25. The first-order valence-electron chi connectivity index (χ1n) is 7.68. The van der Waals surface area contributed by atoms with E-state index in [1.807, 2.05) is 13.8 Å². The number of aromatic nitrogens is 1. The van der Waals surface area contributed by atoms with Crippen LogP contribution in [0.4, 0.5) is 10.1 Å². The second-order valence-electron chi connectivity index (χ2n) is 6.18. The molecule has 1 aromatic carbocycles. The van der Waals surface area contributed by atoms with Crippen molar-refractivity contribution in [3.05, 3.63) is 47.4 Å². The van der Waals surface area contributed by atoms with Crippen LogP contribution in [0.2, 0.25) is 0 Å². The summed E-state index contributed by atoms with van der Waals surface area (Å²) in [5, 5.41) is 9.31. The minimum absolute atomic E-state index is 0.306. The van der Waals surface area contributed by atoms with Crippen LogP contribution < -0.4 is 10.5 Å². The largest absolute Gasteiger partial charge is 0.477 e. The van der Waals surface area contributed by atoms with Gasteiger partial charge in [0.05, 0.1) is 24.4 Å². The molecule has 0 saturated carbocycles. The summed E-state index contributed by atoms with van der Waals surface area (Å²) in [6, 6.07) is 9.88. The Morgan fingerprint density at radius 3 is 2.71 bits per heavy atom. The van der Waals surface area contributed by atoms with Gasteiger partial charge >= 0.3 is 0 Å². The molecule has 0 spiro atoms. The second-order valence-corrected chi connectivity index (χ2v) is 6.18. The van der Waals surface area contributed by atoms with Gasteiger partial charge < -0.3 is 15.2 Å². The Hall–Kier alpha value is -2.52. The fourth-order valence-corrected chi connectivity index (χ4v) is 2.28. The number of ether oxygens (including phenoxy) is 2. The summed E-state index contributed by atoms with van der Waals surface area (Å²) in [5.74, 6) is 0.0955. The van der Waals surface area contributed by atoms with Crippen LogP contribution in [0.25, 0.3) is 0 Å². The van der Waals surface area contributed by atoms with E-state index >= 15 is 0 Å². The van der Waals surface area contributed by atoms with E-state index in [-0.39, 0.29) is 11.4 Å². The van der Waals surface area contributed by atoms with Crippen LogP contribution in [0.15, 0.2) is 30.3 Å². The van der Waals surface area contributed by atoms with Crippen molar-refractivity contribution in [2.45, 2.75) is 32.4 Å². The summed E-state index contributed by atoms with van der Waals surface area (Å²) in [6.45, 7) is 4.63. The summed E-state index contributed by atoms with van der Waals surface area (Å²) in [6.07, 6.45) is 0.663. The summed E-state index contributed by atoms with van der Waals surface area (Å²) >= 11 is 0. The topological polar surface area (TPSA) is 73.2 Å². The molecule has 0 aliphatic carbocycles. The quantitative estimate of drug-likeness (QED) is 0.844. The smallest absolute Gasteiger partial charge is 0.218 e. The van der Waals surface area contributed by atoms with E-state index in [0.717, 1.165) is 5.56 Å². The van der Waals surface area contributed by atoms with Gasteiger partial charge in [0.1, 0.15) is 17.6 Å². The van der Waals surface area contributed by atoms with Gasteiger partial charge in [0.15, 0.2) is 0 Å². The number of nitrogens with two attached hydrogens (primary N) is 1. The van der Waals surface area contributed by atoms with E-state index in [9.17, 15) is 9.65 Å². The fraction of sp³-hybridized carbons (Fsp3) is 0.389. The third kappa shape index (κ3) is 4.27. The van der Waals surface area contributed by atoms with Gasteiger partial charge in [-0.15, -0.1) is 0 Å². The minimum Gasteiger partial charge on any atom is -0.477 e. The highest BCUT2D eigenvalue weighted by atomic mass is 19.1. The van der Waals surface area contributed by atoms with Gasteiger partial charge in [0.25, 0.3) is 0 Å². The van der Waals surface area contributed by atoms with Crippen molar-refractivity contribution in [2.24, 2.45) is 0 Å². The average molecular weight is 331 g/mol. The molecule has 24 heavy (non-hydrogen) atoms. The van der Waals surface area contributed by atoms with Crippen molar-refractivity contribution in [1.82, 2.24) is 4.57 Å². The normalized spacial score (nSPS) is 11.3. The summed E-state index contributed by atoms with van der Waals surface area (Å²) in [5.41, 5.74) is 7.15. The van der Waals surface area contributed by atoms with Crippen molar-refractivity contribution in [1.29, 1.82) is 5.26 Å². The third-order valence-electron chi connectivity index (χ3n) is 3.91. The zero-order valence-corrected chi connectivity index (χ0v) is 14.2. The molecule has 6 heteroatoms. The van der Waals surface area contributed by atoms with E-state index < -0.39 is 0 Å². The highest BCUT2D eigenvalue weighted by Gasteiger charge is 2.19. The van der Waals surface area contributed by atoms with Crippen molar-refractivity contribution >= 4 is 5.69 Å². The highest BCUT2D eigenvalue weighted by molar-refractivity contribution is 5.55. The van der Waals surface area contributed by atoms with Gasteiger partial charge in [-0.3, -0.25) is 4.57 Å². The maximum absolute atomic E-state index is 13.4.